The Morgan fingerprint density at radius 3 is 1.92 bits per heavy atom. The average molecular weight is 569 g/mol. The van der Waals surface area contributed by atoms with Crippen LogP contribution in [0.3, 0.4) is 0 Å². The molecule has 1 fully saturated rings. The number of imidazole rings is 1. The first kappa shape index (κ1) is 26.3. The fourth-order valence-electron chi connectivity index (χ4n) is 4.11. The topological polar surface area (TPSA) is 86.4 Å². The fraction of sp³-hybridized carbons (Fsp3) is 0.0741. The first-order valence-electron chi connectivity index (χ1n) is 11.4. The van der Waals surface area contributed by atoms with E-state index in [9.17, 15) is 27.6 Å². The number of hydrogen-bond donors (Lipinski definition) is 1. The minimum absolute atomic E-state index is 0.0486. The first-order valence-corrected chi connectivity index (χ1v) is 12.1. The molecule has 196 valence electrons. The van der Waals surface area contributed by atoms with Gasteiger partial charge in [0, 0.05) is 10.6 Å². The molecule has 4 aromatic rings. The second kappa shape index (κ2) is 10.1. The summed E-state index contributed by atoms with van der Waals surface area (Å²) in [4.78, 5) is 47.5. The quantitative estimate of drug-likeness (QED) is 0.243. The molecule has 3 aromatic carbocycles. The van der Waals surface area contributed by atoms with Crippen LogP contribution in [0.4, 0.5) is 24.5 Å². The van der Waals surface area contributed by atoms with Gasteiger partial charge in [-0.1, -0.05) is 41.9 Å². The molecule has 0 aliphatic carbocycles. The highest BCUT2D eigenvalue weighted by molar-refractivity contribution is 7.81. The number of nitrogens with zero attached hydrogens (tertiary/aromatic N) is 3. The summed E-state index contributed by atoms with van der Waals surface area (Å²) in [5.74, 6) is -7.42. The predicted molar refractivity (Wildman–Crippen MR) is 143 cm³/mol. The van der Waals surface area contributed by atoms with Crippen LogP contribution in [-0.4, -0.2) is 38.9 Å². The number of aromatic nitrogens is 2. The van der Waals surface area contributed by atoms with Gasteiger partial charge in [0.2, 0.25) is 0 Å². The van der Waals surface area contributed by atoms with Crippen LogP contribution in [0.15, 0.2) is 85.1 Å². The van der Waals surface area contributed by atoms with Gasteiger partial charge >= 0.3 is 6.18 Å². The van der Waals surface area contributed by atoms with Crippen molar-refractivity contribution in [2.75, 3.05) is 9.80 Å². The number of halogens is 4. The Morgan fingerprint density at radius 2 is 1.38 bits per heavy atom. The monoisotopic (exact) mass is 568 g/mol. The van der Waals surface area contributed by atoms with E-state index in [1.165, 1.54) is 36.4 Å². The van der Waals surface area contributed by atoms with Crippen LogP contribution in [0.2, 0.25) is 5.02 Å². The van der Waals surface area contributed by atoms with E-state index in [1.807, 2.05) is 30.3 Å². The molecule has 5 rings (SSSR count). The Labute approximate surface area is 229 Å². The normalized spacial score (nSPS) is 16.1. The van der Waals surface area contributed by atoms with Crippen LogP contribution in [0.1, 0.15) is 0 Å². The van der Waals surface area contributed by atoms with Crippen molar-refractivity contribution in [2.24, 2.45) is 5.92 Å². The molecule has 1 aliphatic heterocycles. The van der Waals surface area contributed by atoms with Crippen molar-refractivity contribution >= 4 is 57.9 Å². The Hall–Kier alpha value is -4.35. The summed E-state index contributed by atoms with van der Waals surface area (Å²) < 4.78 is 40.2. The average Bonchev–Trinajstić information content (AvgIpc) is 3.41. The van der Waals surface area contributed by atoms with Crippen LogP contribution >= 0.6 is 23.8 Å². The van der Waals surface area contributed by atoms with Crippen molar-refractivity contribution in [1.29, 1.82) is 0 Å². The fourth-order valence-corrected chi connectivity index (χ4v) is 4.62. The lowest BCUT2D eigenvalue weighted by Crippen LogP contribution is -2.63. The summed E-state index contributed by atoms with van der Waals surface area (Å²) >= 11 is 11.3. The molecular formula is C27H16ClF3N4O3S. The third-order valence-electron chi connectivity index (χ3n) is 6.00. The minimum atomic E-state index is -5.42. The molecule has 1 saturated heterocycles. The van der Waals surface area contributed by atoms with Crippen LogP contribution in [0, 0.1) is 5.92 Å². The van der Waals surface area contributed by atoms with E-state index < -0.39 is 34.8 Å². The number of thiocarbonyl (C=S) groups is 1. The van der Waals surface area contributed by atoms with Crippen molar-refractivity contribution in [1.82, 2.24) is 9.97 Å². The van der Waals surface area contributed by atoms with E-state index in [2.05, 4.69) is 9.97 Å². The number of rotatable bonds is 5. The SMILES string of the molecule is O=C1C(C(=O)C(F)(F)F)C(=O)N(c2ccc(-c3ncc(-c4ccccc4)[nH]3)cc2)C(=S)N1c1ccc(Cl)cc1. The Balaban J connectivity index is 1.51. The zero-order valence-corrected chi connectivity index (χ0v) is 21.2. The molecule has 1 aliphatic rings. The van der Waals surface area contributed by atoms with Gasteiger partial charge in [0.05, 0.1) is 23.3 Å². The van der Waals surface area contributed by atoms with Crippen molar-refractivity contribution in [2.45, 2.75) is 6.18 Å². The number of anilines is 2. The number of aromatic amines is 1. The minimum Gasteiger partial charge on any atom is -0.338 e. The number of alkyl halides is 3. The lowest BCUT2D eigenvalue weighted by atomic mass is 9.96. The number of H-pyrrole nitrogens is 1. The van der Waals surface area contributed by atoms with Gasteiger partial charge in [-0.25, -0.2) is 4.98 Å². The highest BCUT2D eigenvalue weighted by Crippen LogP contribution is 2.34. The van der Waals surface area contributed by atoms with Gasteiger partial charge in [-0.2, -0.15) is 13.2 Å². The number of nitrogens with one attached hydrogen (secondary N) is 1. The second-order valence-corrected chi connectivity index (χ2v) is 9.26. The molecule has 1 N–H and O–H groups in total. The Morgan fingerprint density at radius 1 is 0.846 bits per heavy atom. The lowest BCUT2D eigenvalue weighted by Gasteiger charge is -2.38. The smallest absolute Gasteiger partial charge is 0.338 e. The highest BCUT2D eigenvalue weighted by Gasteiger charge is 2.56. The number of Topliss-reactive ketones (excluding diaryl/α,β-unsaturated/α-hetero) is 1. The number of hydrogen-bond acceptors (Lipinski definition) is 5. The zero-order valence-electron chi connectivity index (χ0n) is 19.6. The number of ketones is 1. The third kappa shape index (κ3) is 4.93. The van der Waals surface area contributed by atoms with Crippen LogP contribution in [0.5, 0.6) is 0 Å². The van der Waals surface area contributed by atoms with Crippen molar-refractivity contribution in [3.8, 4) is 22.6 Å². The van der Waals surface area contributed by atoms with E-state index in [-0.39, 0.29) is 11.4 Å². The summed E-state index contributed by atoms with van der Waals surface area (Å²) in [6.07, 6.45) is -3.77. The van der Waals surface area contributed by atoms with E-state index in [4.69, 9.17) is 23.8 Å². The van der Waals surface area contributed by atoms with Gasteiger partial charge in [0.1, 0.15) is 5.82 Å². The summed E-state index contributed by atoms with van der Waals surface area (Å²) in [7, 11) is 0. The van der Waals surface area contributed by atoms with Gasteiger partial charge in [0.15, 0.2) is 11.0 Å². The number of carbonyl (C=O) groups excluding carboxylic acids is 3. The highest BCUT2D eigenvalue weighted by atomic mass is 35.5. The molecule has 0 bridgehead atoms. The van der Waals surface area contributed by atoms with E-state index in [0.29, 0.717) is 16.4 Å². The number of carbonyl (C=O) groups is 3. The third-order valence-corrected chi connectivity index (χ3v) is 6.62. The van der Waals surface area contributed by atoms with Crippen LogP contribution in [0.25, 0.3) is 22.6 Å². The molecule has 12 heteroatoms. The van der Waals surface area contributed by atoms with Crippen molar-refractivity contribution < 1.29 is 27.6 Å². The van der Waals surface area contributed by atoms with E-state index in [1.54, 1.807) is 18.3 Å². The van der Waals surface area contributed by atoms with Crippen LogP contribution in [-0.2, 0) is 14.4 Å². The van der Waals surface area contributed by atoms with Gasteiger partial charge < -0.3 is 4.98 Å². The second-order valence-electron chi connectivity index (χ2n) is 8.46. The molecule has 1 aromatic heterocycles. The maximum absolute atomic E-state index is 13.4. The molecule has 1 atom stereocenters. The molecular weight excluding hydrogens is 553 g/mol. The van der Waals surface area contributed by atoms with Crippen molar-refractivity contribution in [3.63, 3.8) is 0 Å². The van der Waals surface area contributed by atoms with Crippen LogP contribution < -0.4 is 9.80 Å². The standard InChI is InChI=1S/C27H16ClF3N4O3S/c28-17-8-12-19(13-9-17)35-25(38)21(22(36)27(29,30)31)24(37)34(26(35)39)18-10-6-16(7-11-18)23-32-14-20(33-23)15-4-2-1-3-5-15/h1-14,21H,(H,32,33). The zero-order chi connectivity index (χ0) is 27.9. The Bertz CT molecular complexity index is 1590. The van der Waals surface area contributed by atoms with Gasteiger partial charge in [0.25, 0.3) is 17.6 Å². The van der Waals surface area contributed by atoms with Gasteiger partial charge in [-0.15, -0.1) is 0 Å². The summed E-state index contributed by atoms with van der Waals surface area (Å²) in [6, 6.07) is 21.0. The molecule has 39 heavy (non-hydrogen) atoms. The van der Waals surface area contributed by atoms with Gasteiger partial charge in [-0.3, -0.25) is 24.2 Å². The molecule has 1 unspecified atom stereocenters. The maximum atomic E-state index is 13.4. The number of amides is 2. The van der Waals surface area contributed by atoms with E-state index in [0.717, 1.165) is 21.1 Å². The predicted octanol–water partition coefficient (Wildman–Crippen LogP) is 5.81. The van der Waals surface area contributed by atoms with Gasteiger partial charge in [-0.05, 0) is 66.3 Å². The first-order chi connectivity index (χ1) is 18.6. The lowest BCUT2D eigenvalue weighted by molar-refractivity contribution is -0.177. The molecule has 2 heterocycles. The summed E-state index contributed by atoms with van der Waals surface area (Å²) in [5.41, 5.74) is 2.42. The van der Waals surface area contributed by atoms with E-state index >= 15 is 0 Å². The summed E-state index contributed by atoms with van der Waals surface area (Å²) in [5, 5.41) is -0.107. The largest absolute Gasteiger partial charge is 0.451 e. The number of benzene rings is 3. The molecule has 0 saturated carbocycles. The molecule has 0 spiro atoms. The molecule has 2 amide bonds. The molecule has 7 nitrogen and oxygen atoms in total. The molecule has 0 radical (unpaired) electrons. The summed E-state index contributed by atoms with van der Waals surface area (Å²) in [6.45, 7) is 0. The Kier molecular flexibility index (Phi) is 6.79. The maximum Gasteiger partial charge on any atom is 0.451 e. The van der Waals surface area contributed by atoms with Crippen molar-refractivity contribution in [3.05, 3.63) is 90.1 Å².